The summed E-state index contributed by atoms with van der Waals surface area (Å²) in [6.07, 6.45) is 3.67. The average molecular weight is 493 g/mol. The first-order valence-electron chi connectivity index (χ1n) is 11.0. The van der Waals surface area contributed by atoms with Crippen molar-refractivity contribution in [1.82, 2.24) is 20.9 Å². The van der Waals surface area contributed by atoms with E-state index in [0.717, 1.165) is 22.9 Å². The molecule has 11 nitrogen and oxygen atoms in total. The molecule has 3 unspecified atom stereocenters. The van der Waals surface area contributed by atoms with Crippen molar-refractivity contribution < 1.29 is 24.3 Å². The number of fused-ring (bicyclic) bond motifs is 1. The molecule has 12 heteroatoms. The van der Waals surface area contributed by atoms with Gasteiger partial charge in [0.2, 0.25) is 17.7 Å². The molecule has 0 aliphatic rings. The van der Waals surface area contributed by atoms with Gasteiger partial charge in [0.15, 0.2) is 0 Å². The fraction of sp³-hybridized carbons (Fsp3) is 0.455. The van der Waals surface area contributed by atoms with E-state index in [0.29, 0.717) is 19.4 Å². The highest BCUT2D eigenvalue weighted by atomic mass is 32.1. The number of carboxylic acids is 1. The Labute approximate surface area is 202 Å². The lowest BCUT2D eigenvalue weighted by molar-refractivity contribution is -0.138. The van der Waals surface area contributed by atoms with E-state index < -0.39 is 48.4 Å². The van der Waals surface area contributed by atoms with Gasteiger partial charge >= 0.3 is 5.97 Å². The Hall–Kier alpha value is -3.09. The van der Waals surface area contributed by atoms with Crippen LogP contribution in [0.3, 0.4) is 0 Å². The summed E-state index contributed by atoms with van der Waals surface area (Å²) in [5.41, 5.74) is 13.0. The third-order valence-corrected chi connectivity index (χ3v) is 5.63. The molecule has 0 saturated heterocycles. The van der Waals surface area contributed by atoms with Crippen LogP contribution < -0.4 is 27.4 Å². The number of amides is 3. The normalized spacial score (nSPS) is 13.6. The number of aromatic nitrogens is 1. The second-order valence-corrected chi connectivity index (χ2v) is 8.24. The molecule has 0 aliphatic heterocycles. The van der Waals surface area contributed by atoms with E-state index >= 15 is 0 Å². The lowest BCUT2D eigenvalue weighted by Crippen LogP contribution is -2.57. The Morgan fingerprint density at radius 1 is 1.03 bits per heavy atom. The van der Waals surface area contributed by atoms with Crippen molar-refractivity contribution in [2.45, 2.75) is 43.8 Å². The number of carbonyl (C=O) groups excluding carboxylic acids is 3. The van der Waals surface area contributed by atoms with Gasteiger partial charge in [0, 0.05) is 29.3 Å². The van der Waals surface area contributed by atoms with Gasteiger partial charge in [-0.15, -0.1) is 0 Å². The molecule has 0 saturated carbocycles. The summed E-state index contributed by atoms with van der Waals surface area (Å²) in [6.45, 7) is -0.0960. The molecule has 2 aromatic rings. The monoisotopic (exact) mass is 492 g/mol. The number of rotatable bonds is 14. The van der Waals surface area contributed by atoms with Crippen LogP contribution in [0.15, 0.2) is 30.5 Å². The SMILES string of the molecule is NCCCCC(N)C(=O)NC(CS)C(=O)NC(Cc1c[nH]c2ccccc12)C(=O)NCC(=O)O. The number of carbonyl (C=O) groups is 4. The van der Waals surface area contributed by atoms with Crippen molar-refractivity contribution in [1.29, 1.82) is 0 Å². The molecule has 0 radical (unpaired) electrons. The van der Waals surface area contributed by atoms with Crippen LogP contribution in [0.4, 0.5) is 0 Å². The van der Waals surface area contributed by atoms with Gasteiger partial charge in [-0.2, -0.15) is 12.6 Å². The molecule has 0 spiro atoms. The molecule has 3 amide bonds. The standard InChI is InChI=1S/C22H32N6O5S/c23-8-4-3-6-15(24)20(31)28-18(12-34)22(33)27-17(21(32)26-11-19(29)30)9-13-10-25-16-7-2-1-5-14(13)16/h1-2,5,7,10,15,17-18,25,34H,3-4,6,8-9,11-12,23-24H2,(H,26,32)(H,27,33)(H,28,31)(H,29,30). The zero-order valence-electron chi connectivity index (χ0n) is 18.8. The first-order chi connectivity index (χ1) is 16.3. The van der Waals surface area contributed by atoms with Crippen molar-refractivity contribution in [3.05, 3.63) is 36.0 Å². The lowest BCUT2D eigenvalue weighted by atomic mass is 10.0. The molecule has 186 valence electrons. The number of carboxylic acid groups (broad SMARTS) is 1. The number of unbranched alkanes of at least 4 members (excludes halogenated alkanes) is 1. The van der Waals surface area contributed by atoms with Crippen molar-refractivity contribution in [3.8, 4) is 0 Å². The second-order valence-electron chi connectivity index (χ2n) is 7.87. The van der Waals surface area contributed by atoms with Crippen LogP contribution in [0.2, 0.25) is 0 Å². The molecule has 1 aromatic carbocycles. The number of benzene rings is 1. The van der Waals surface area contributed by atoms with Crippen LogP contribution in [0.25, 0.3) is 10.9 Å². The molecule has 3 atom stereocenters. The van der Waals surface area contributed by atoms with Crippen LogP contribution in [0.5, 0.6) is 0 Å². The number of nitrogens with two attached hydrogens (primary N) is 2. The number of nitrogens with one attached hydrogen (secondary N) is 4. The summed E-state index contributed by atoms with van der Waals surface area (Å²) in [5.74, 6) is -3.04. The van der Waals surface area contributed by atoms with Crippen LogP contribution in [0, 0.1) is 0 Å². The van der Waals surface area contributed by atoms with Gasteiger partial charge < -0.3 is 37.5 Å². The van der Waals surface area contributed by atoms with Gasteiger partial charge in [-0.25, -0.2) is 0 Å². The number of thiol groups is 1. The fourth-order valence-corrected chi connectivity index (χ4v) is 3.66. The van der Waals surface area contributed by atoms with E-state index in [4.69, 9.17) is 16.6 Å². The Balaban J connectivity index is 2.11. The van der Waals surface area contributed by atoms with Crippen LogP contribution in [-0.2, 0) is 25.6 Å². The minimum Gasteiger partial charge on any atom is -0.480 e. The van der Waals surface area contributed by atoms with Gasteiger partial charge in [0.05, 0.1) is 6.04 Å². The van der Waals surface area contributed by atoms with Gasteiger partial charge in [-0.1, -0.05) is 24.6 Å². The van der Waals surface area contributed by atoms with E-state index in [2.05, 4.69) is 33.6 Å². The van der Waals surface area contributed by atoms with E-state index in [1.807, 2.05) is 24.3 Å². The predicted octanol–water partition coefficient (Wildman–Crippen LogP) is -0.733. The van der Waals surface area contributed by atoms with Crippen molar-refractivity contribution in [2.75, 3.05) is 18.8 Å². The maximum absolute atomic E-state index is 12.9. The Bertz CT molecular complexity index is 997. The lowest BCUT2D eigenvalue weighted by Gasteiger charge is -2.23. The second kappa shape index (κ2) is 13.6. The number of para-hydroxylation sites is 1. The molecule has 9 N–H and O–H groups in total. The van der Waals surface area contributed by atoms with E-state index in [9.17, 15) is 19.2 Å². The maximum atomic E-state index is 12.9. The quantitative estimate of drug-likeness (QED) is 0.126. The molecule has 0 aliphatic carbocycles. The molecule has 1 aromatic heterocycles. The maximum Gasteiger partial charge on any atom is 0.322 e. The summed E-state index contributed by atoms with van der Waals surface area (Å²) < 4.78 is 0. The zero-order chi connectivity index (χ0) is 25.1. The first-order valence-corrected chi connectivity index (χ1v) is 11.6. The molecule has 34 heavy (non-hydrogen) atoms. The smallest absolute Gasteiger partial charge is 0.322 e. The Morgan fingerprint density at radius 3 is 2.41 bits per heavy atom. The van der Waals surface area contributed by atoms with Gasteiger partial charge in [-0.3, -0.25) is 19.2 Å². The van der Waals surface area contributed by atoms with E-state index in [-0.39, 0.29) is 12.2 Å². The summed E-state index contributed by atoms with van der Waals surface area (Å²) >= 11 is 4.15. The van der Waals surface area contributed by atoms with E-state index in [1.165, 1.54) is 0 Å². The third kappa shape index (κ3) is 8.04. The van der Waals surface area contributed by atoms with Crippen molar-refractivity contribution >= 4 is 47.2 Å². The largest absolute Gasteiger partial charge is 0.480 e. The number of hydrogen-bond donors (Lipinski definition) is 8. The fourth-order valence-electron chi connectivity index (χ4n) is 3.40. The van der Waals surface area contributed by atoms with Gasteiger partial charge in [0.1, 0.15) is 18.6 Å². The average Bonchev–Trinajstić information content (AvgIpc) is 3.23. The van der Waals surface area contributed by atoms with Crippen molar-refractivity contribution in [2.24, 2.45) is 11.5 Å². The minimum atomic E-state index is -1.21. The molecule has 1 heterocycles. The van der Waals surface area contributed by atoms with Gasteiger partial charge in [-0.05, 0) is 31.0 Å². The summed E-state index contributed by atoms with van der Waals surface area (Å²) in [5, 5.41) is 17.2. The summed E-state index contributed by atoms with van der Waals surface area (Å²) in [7, 11) is 0. The number of aliphatic carboxylic acids is 1. The number of aromatic amines is 1. The highest BCUT2D eigenvalue weighted by Gasteiger charge is 2.28. The highest BCUT2D eigenvalue weighted by molar-refractivity contribution is 7.80. The molecule has 0 fully saturated rings. The topological polar surface area (TPSA) is 192 Å². The van der Waals surface area contributed by atoms with Crippen LogP contribution >= 0.6 is 12.6 Å². The molecule has 0 bridgehead atoms. The van der Waals surface area contributed by atoms with Crippen LogP contribution in [-0.4, -0.2) is 70.7 Å². The molecule has 2 rings (SSSR count). The highest BCUT2D eigenvalue weighted by Crippen LogP contribution is 2.19. The molecular formula is C22H32N6O5S. The molecular weight excluding hydrogens is 460 g/mol. The van der Waals surface area contributed by atoms with E-state index in [1.54, 1.807) is 6.20 Å². The summed E-state index contributed by atoms with van der Waals surface area (Å²) in [4.78, 5) is 52.0. The first kappa shape index (κ1) is 27.2. The predicted molar refractivity (Wildman–Crippen MR) is 131 cm³/mol. The van der Waals surface area contributed by atoms with Gasteiger partial charge in [0.25, 0.3) is 0 Å². The van der Waals surface area contributed by atoms with Crippen LogP contribution in [0.1, 0.15) is 24.8 Å². The zero-order valence-corrected chi connectivity index (χ0v) is 19.6. The minimum absolute atomic E-state index is 0.0242. The Kier molecular flexibility index (Phi) is 10.8. The third-order valence-electron chi connectivity index (χ3n) is 5.27. The summed E-state index contributed by atoms with van der Waals surface area (Å²) in [6, 6.07) is 4.54. The number of H-pyrrole nitrogens is 1. The Morgan fingerprint density at radius 2 is 1.74 bits per heavy atom. The number of hydrogen-bond acceptors (Lipinski definition) is 7. The van der Waals surface area contributed by atoms with Crippen molar-refractivity contribution in [3.63, 3.8) is 0 Å².